The van der Waals surface area contributed by atoms with E-state index in [1.807, 2.05) is 0 Å². The molecule has 10 nitrogen and oxygen atoms in total. The van der Waals surface area contributed by atoms with E-state index in [-0.39, 0.29) is 52.0 Å². The molecule has 6 aromatic rings. The molecule has 2 N–H and O–H groups in total. The van der Waals surface area contributed by atoms with Crippen LogP contribution in [0.3, 0.4) is 0 Å². The second kappa shape index (κ2) is 10.8. The summed E-state index contributed by atoms with van der Waals surface area (Å²) < 4.78 is 47.1. The van der Waals surface area contributed by atoms with Crippen LogP contribution in [0.2, 0.25) is 0 Å². The zero-order valence-electron chi connectivity index (χ0n) is 25.1. The van der Waals surface area contributed by atoms with Crippen molar-refractivity contribution in [2.45, 2.75) is 37.9 Å². The first-order valence-electron chi connectivity index (χ1n) is 15.1. The number of aryl methyl sites for hydroxylation is 1. The van der Waals surface area contributed by atoms with Gasteiger partial charge >= 0.3 is 11.6 Å². The monoisotopic (exact) mass is 635 g/mol. The van der Waals surface area contributed by atoms with Crippen molar-refractivity contribution in [3.05, 3.63) is 76.2 Å². The summed E-state index contributed by atoms with van der Waals surface area (Å²) in [6.45, 7) is 2.99. The average molecular weight is 636 g/mol. The number of furan rings is 1. The van der Waals surface area contributed by atoms with Crippen molar-refractivity contribution in [3.63, 3.8) is 0 Å². The van der Waals surface area contributed by atoms with E-state index in [9.17, 15) is 18.7 Å². The summed E-state index contributed by atoms with van der Waals surface area (Å²) in [6, 6.07) is 9.03. The maximum Gasteiger partial charge on any atom is 0.349 e. The van der Waals surface area contributed by atoms with Crippen molar-refractivity contribution in [1.82, 2.24) is 19.9 Å². The second-order valence-electron chi connectivity index (χ2n) is 12.1. The third-order valence-electron chi connectivity index (χ3n) is 9.26. The summed E-state index contributed by atoms with van der Waals surface area (Å²) in [5, 5.41) is 15.2. The molecule has 8 rings (SSSR count). The molecule has 236 valence electrons. The summed E-state index contributed by atoms with van der Waals surface area (Å²) >= 11 is 0. The van der Waals surface area contributed by atoms with Gasteiger partial charge in [0.1, 0.15) is 41.8 Å². The highest BCUT2D eigenvalue weighted by molar-refractivity contribution is 6.04. The Labute approximate surface area is 266 Å². The van der Waals surface area contributed by atoms with Gasteiger partial charge < -0.3 is 24.0 Å². The zero-order chi connectivity index (χ0) is 32.4. The molecular weight excluding hydrogens is 608 g/mol. The van der Waals surface area contributed by atoms with Crippen LogP contribution >= 0.6 is 0 Å². The minimum Gasteiger partial charge on any atom is -0.508 e. The van der Waals surface area contributed by atoms with E-state index in [1.54, 1.807) is 25.3 Å². The molecule has 47 heavy (non-hydrogen) atoms. The standard InChI is InChI=1S/C35H27F2N5O5/c1-3-22-25(37)8-7-19-12-21(43)13-24(27(19)22)30-18(2)29-28(33(44)47-30)31(39-26-16-45-32-23(26)6-4-10-38-32)41-34(40-29)46-17-35-9-5-11-42(35)15-20(36)14-35/h1,4,6-8,10,12-13,16,20,43H,5,9,11,14-15,17H2,2H3,(H,39,40,41)/t20-,35+/m1/s1. The Morgan fingerprint density at radius 1 is 1.26 bits per heavy atom. The largest absolute Gasteiger partial charge is 0.508 e. The first-order valence-corrected chi connectivity index (χ1v) is 15.1. The summed E-state index contributed by atoms with van der Waals surface area (Å²) in [6.07, 6.45) is 9.89. The van der Waals surface area contributed by atoms with Crippen molar-refractivity contribution in [1.29, 1.82) is 0 Å². The quantitative estimate of drug-likeness (QED) is 0.199. The molecule has 0 radical (unpaired) electrons. The van der Waals surface area contributed by atoms with Crippen molar-refractivity contribution in [2.75, 3.05) is 25.0 Å². The maximum atomic E-state index is 14.9. The third kappa shape index (κ3) is 4.65. The van der Waals surface area contributed by atoms with E-state index < -0.39 is 23.2 Å². The second-order valence-corrected chi connectivity index (χ2v) is 12.1. The lowest BCUT2D eigenvalue weighted by Gasteiger charge is -2.30. The molecule has 2 atom stereocenters. The lowest BCUT2D eigenvalue weighted by molar-refractivity contribution is 0.107. The number of hydrogen-bond acceptors (Lipinski definition) is 10. The highest BCUT2D eigenvalue weighted by Gasteiger charge is 2.49. The molecule has 0 amide bonds. The number of phenolic OH excluding ortho intramolecular Hbond substituents is 1. The smallest absolute Gasteiger partial charge is 0.349 e. The van der Waals surface area contributed by atoms with E-state index in [1.165, 1.54) is 30.5 Å². The molecular formula is C35H27F2N5O5. The molecule has 0 aliphatic carbocycles. The Kier molecular flexibility index (Phi) is 6.63. The number of aromatic hydroxyl groups is 1. The van der Waals surface area contributed by atoms with Crippen molar-refractivity contribution in [2.24, 2.45) is 0 Å². The van der Waals surface area contributed by atoms with Gasteiger partial charge in [0, 0.05) is 35.7 Å². The van der Waals surface area contributed by atoms with Gasteiger partial charge in [0.15, 0.2) is 5.82 Å². The number of rotatable bonds is 6. The number of phenols is 1. The van der Waals surface area contributed by atoms with Gasteiger partial charge in [-0.05, 0) is 62.0 Å². The number of nitrogens with zero attached hydrogens (tertiary/aromatic N) is 4. The van der Waals surface area contributed by atoms with Crippen molar-refractivity contribution in [3.8, 4) is 35.4 Å². The van der Waals surface area contributed by atoms with Crippen LogP contribution in [0.15, 0.2) is 62.5 Å². The van der Waals surface area contributed by atoms with Crippen LogP contribution in [0.4, 0.5) is 20.3 Å². The molecule has 12 heteroatoms. The first kappa shape index (κ1) is 28.9. The number of fused-ring (bicyclic) bond motifs is 4. The number of aromatic nitrogens is 3. The molecule has 0 bridgehead atoms. The van der Waals surface area contributed by atoms with E-state index in [0.29, 0.717) is 46.1 Å². The Balaban J connectivity index is 1.32. The fraction of sp³-hybridized carbons (Fsp3) is 0.257. The first-order chi connectivity index (χ1) is 22.7. The molecule has 0 unspecified atom stereocenters. The predicted molar refractivity (Wildman–Crippen MR) is 171 cm³/mol. The summed E-state index contributed by atoms with van der Waals surface area (Å²) in [4.78, 5) is 29.5. The number of terminal acetylenes is 1. The number of hydrogen-bond donors (Lipinski definition) is 2. The van der Waals surface area contributed by atoms with Gasteiger partial charge in [0.05, 0.1) is 27.7 Å². The molecule has 0 saturated carbocycles. The highest BCUT2D eigenvalue weighted by Crippen LogP contribution is 2.42. The fourth-order valence-corrected chi connectivity index (χ4v) is 7.13. The van der Waals surface area contributed by atoms with Crippen LogP contribution in [0.5, 0.6) is 11.8 Å². The van der Waals surface area contributed by atoms with E-state index >= 15 is 0 Å². The number of alkyl halides is 1. The molecule has 2 aromatic carbocycles. The Bertz CT molecular complexity index is 2350. The van der Waals surface area contributed by atoms with Crippen LogP contribution in [-0.2, 0) is 0 Å². The van der Waals surface area contributed by atoms with Crippen molar-refractivity contribution >= 4 is 44.3 Å². The van der Waals surface area contributed by atoms with Gasteiger partial charge in [0.2, 0.25) is 5.71 Å². The molecule has 2 saturated heterocycles. The van der Waals surface area contributed by atoms with Crippen LogP contribution in [0.1, 0.15) is 30.4 Å². The number of halogens is 2. The Morgan fingerprint density at radius 2 is 2.13 bits per heavy atom. The molecule has 2 aliphatic rings. The van der Waals surface area contributed by atoms with Crippen LogP contribution in [0.25, 0.3) is 44.1 Å². The molecule has 0 spiro atoms. The SMILES string of the molecule is C#Cc1c(F)ccc2cc(O)cc(-c3oc(=O)c4c(Nc5coc6ncccc56)nc(OC[C@@]56CCCN5C[C@H](F)C6)nc4c3C)c12. The Hall–Kier alpha value is -5.54. The van der Waals surface area contributed by atoms with Gasteiger partial charge in [-0.25, -0.2) is 18.6 Å². The maximum absolute atomic E-state index is 14.9. The summed E-state index contributed by atoms with van der Waals surface area (Å²) in [5.41, 5.74) is 0.356. The number of ether oxygens (including phenoxy) is 1. The lowest BCUT2D eigenvalue weighted by atomic mass is 9.95. The summed E-state index contributed by atoms with van der Waals surface area (Å²) in [7, 11) is 0. The van der Waals surface area contributed by atoms with Gasteiger partial charge in [-0.1, -0.05) is 12.0 Å². The van der Waals surface area contributed by atoms with Crippen molar-refractivity contribution < 1.29 is 27.5 Å². The normalized spacial score (nSPS) is 19.4. The van der Waals surface area contributed by atoms with Gasteiger partial charge in [-0.2, -0.15) is 9.97 Å². The molecule has 6 heterocycles. The van der Waals surface area contributed by atoms with Gasteiger partial charge in [-0.3, -0.25) is 4.90 Å². The van der Waals surface area contributed by atoms with E-state index in [4.69, 9.17) is 20.0 Å². The predicted octanol–water partition coefficient (Wildman–Crippen LogP) is 6.38. The topological polar surface area (TPSA) is 127 Å². The van der Waals surface area contributed by atoms with E-state index in [0.717, 1.165) is 19.4 Å². The van der Waals surface area contributed by atoms with Gasteiger partial charge in [-0.15, -0.1) is 6.42 Å². The lowest BCUT2D eigenvalue weighted by Crippen LogP contribution is -2.43. The van der Waals surface area contributed by atoms with Crippen LogP contribution in [0, 0.1) is 25.1 Å². The highest BCUT2D eigenvalue weighted by atomic mass is 19.1. The summed E-state index contributed by atoms with van der Waals surface area (Å²) in [5.74, 6) is 1.74. The number of benzene rings is 2. The zero-order valence-corrected chi connectivity index (χ0v) is 25.1. The fourth-order valence-electron chi connectivity index (χ4n) is 7.13. The van der Waals surface area contributed by atoms with Crippen LogP contribution in [-0.4, -0.2) is 56.4 Å². The molecule has 4 aromatic heterocycles. The number of pyridine rings is 1. The number of anilines is 2. The van der Waals surface area contributed by atoms with Crippen LogP contribution < -0.4 is 15.7 Å². The number of nitrogens with one attached hydrogen (secondary N) is 1. The minimum absolute atomic E-state index is 0.0231. The third-order valence-corrected chi connectivity index (χ3v) is 9.26. The average Bonchev–Trinajstić information content (AvgIpc) is 3.73. The molecule has 2 fully saturated rings. The Morgan fingerprint density at radius 3 is 2.98 bits per heavy atom. The van der Waals surface area contributed by atoms with E-state index in [2.05, 4.69) is 31.1 Å². The van der Waals surface area contributed by atoms with Gasteiger partial charge in [0.25, 0.3) is 0 Å². The minimum atomic E-state index is -0.944. The molecule has 2 aliphatic heterocycles.